The summed E-state index contributed by atoms with van der Waals surface area (Å²) in [6, 6.07) is 5.65. The molecule has 1 aliphatic rings. The quantitative estimate of drug-likeness (QED) is 0.580. The van der Waals surface area contributed by atoms with Gasteiger partial charge in [-0.3, -0.25) is 4.79 Å². The van der Waals surface area contributed by atoms with E-state index in [1.807, 2.05) is 18.2 Å². The fraction of sp³-hybridized carbons (Fsp3) is 0.308. The second-order valence-corrected chi connectivity index (χ2v) is 5.65. The van der Waals surface area contributed by atoms with Crippen LogP contribution in [-0.4, -0.2) is 10.9 Å². The van der Waals surface area contributed by atoms with Gasteiger partial charge in [0, 0.05) is 15.6 Å². The first-order chi connectivity index (χ1) is 7.45. The Bertz CT molecular complexity index is 487. The van der Waals surface area contributed by atoms with E-state index in [-0.39, 0.29) is 11.2 Å². The molecule has 0 bridgehead atoms. The third kappa shape index (κ3) is 1.69. The van der Waals surface area contributed by atoms with Crippen molar-refractivity contribution in [3.8, 4) is 0 Å². The number of Topliss-reactive ketones (excluding diaryl/α,β-unsaturated/α-hetero) is 1. The van der Waals surface area contributed by atoms with Crippen LogP contribution in [0.15, 0.2) is 34.5 Å². The molecule has 0 saturated heterocycles. The topological polar surface area (TPSA) is 37.3 Å². The highest BCUT2D eigenvalue weighted by Gasteiger charge is 2.35. The lowest BCUT2D eigenvalue weighted by Crippen LogP contribution is -2.29. The average molecular weight is 281 g/mol. The molecule has 0 aromatic heterocycles. The molecule has 1 aromatic carbocycles. The number of allylic oxidation sites excluding steroid dienone is 1. The molecule has 0 amide bonds. The molecule has 0 spiro atoms. The molecule has 0 fully saturated rings. The monoisotopic (exact) mass is 280 g/mol. The third-order valence-electron chi connectivity index (χ3n) is 3.04. The van der Waals surface area contributed by atoms with E-state index in [2.05, 4.69) is 29.8 Å². The van der Waals surface area contributed by atoms with Gasteiger partial charge < -0.3 is 5.11 Å². The molecule has 84 valence electrons. The Morgan fingerprint density at radius 2 is 2.12 bits per heavy atom. The predicted octanol–water partition coefficient (Wildman–Crippen LogP) is 3.76. The molecular weight excluding hydrogens is 268 g/mol. The summed E-state index contributed by atoms with van der Waals surface area (Å²) in [4.78, 5) is 12.0. The van der Waals surface area contributed by atoms with Gasteiger partial charge in [0.05, 0.1) is 6.26 Å². The van der Waals surface area contributed by atoms with Crippen LogP contribution in [0, 0.1) is 0 Å². The maximum Gasteiger partial charge on any atom is 0.192 e. The molecule has 0 unspecified atom stereocenters. The van der Waals surface area contributed by atoms with E-state index in [1.165, 1.54) is 0 Å². The maximum absolute atomic E-state index is 12.0. The van der Waals surface area contributed by atoms with E-state index < -0.39 is 0 Å². The van der Waals surface area contributed by atoms with Crippen molar-refractivity contribution in [3.63, 3.8) is 0 Å². The number of aliphatic hydroxyl groups excluding tert-OH is 1. The molecule has 0 heterocycles. The van der Waals surface area contributed by atoms with Crippen LogP contribution in [0.2, 0.25) is 0 Å². The van der Waals surface area contributed by atoms with Gasteiger partial charge in [-0.2, -0.15) is 0 Å². The zero-order valence-corrected chi connectivity index (χ0v) is 10.8. The standard InChI is InChI=1S/C13H13BrO2/c1-13(2)6-8(7-15)12(16)10-4-3-9(14)5-11(10)13/h3-5,7,15H,6H2,1-2H3. The van der Waals surface area contributed by atoms with Gasteiger partial charge >= 0.3 is 0 Å². The Kier molecular flexibility index (Phi) is 2.66. The van der Waals surface area contributed by atoms with Gasteiger partial charge in [-0.15, -0.1) is 0 Å². The Morgan fingerprint density at radius 1 is 1.44 bits per heavy atom. The van der Waals surface area contributed by atoms with Crippen molar-refractivity contribution in [3.05, 3.63) is 45.6 Å². The van der Waals surface area contributed by atoms with Crippen LogP contribution in [0.5, 0.6) is 0 Å². The number of fused-ring (bicyclic) bond motifs is 1. The lowest BCUT2D eigenvalue weighted by molar-refractivity contribution is 0.101. The second kappa shape index (κ2) is 3.74. The minimum Gasteiger partial charge on any atom is -0.515 e. The highest BCUT2D eigenvalue weighted by molar-refractivity contribution is 9.10. The smallest absolute Gasteiger partial charge is 0.192 e. The zero-order chi connectivity index (χ0) is 11.9. The van der Waals surface area contributed by atoms with Crippen LogP contribution in [0.3, 0.4) is 0 Å². The largest absolute Gasteiger partial charge is 0.515 e. The van der Waals surface area contributed by atoms with Crippen molar-refractivity contribution >= 4 is 21.7 Å². The molecule has 16 heavy (non-hydrogen) atoms. The summed E-state index contributed by atoms with van der Waals surface area (Å²) < 4.78 is 0.976. The summed E-state index contributed by atoms with van der Waals surface area (Å²) in [5.74, 6) is -0.0654. The molecule has 3 heteroatoms. The molecular formula is C13H13BrO2. The van der Waals surface area contributed by atoms with Gasteiger partial charge in [0.2, 0.25) is 0 Å². The van der Waals surface area contributed by atoms with E-state index >= 15 is 0 Å². The van der Waals surface area contributed by atoms with E-state index in [9.17, 15) is 4.79 Å². The number of hydrogen-bond acceptors (Lipinski definition) is 2. The number of benzene rings is 1. The van der Waals surface area contributed by atoms with Crippen molar-refractivity contribution in [1.29, 1.82) is 0 Å². The summed E-state index contributed by atoms with van der Waals surface area (Å²) >= 11 is 3.42. The molecule has 0 atom stereocenters. The average Bonchev–Trinajstić information content (AvgIpc) is 2.23. The molecule has 0 radical (unpaired) electrons. The fourth-order valence-electron chi connectivity index (χ4n) is 2.20. The first kappa shape index (κ1) is 11.4. The summed E-state index contributed by atoms with van der Waals surface area (Å²) in [6.45, 7) is 4.16. The van der Waals surface area contributed by atoms with Crippen molar-refractivity contribution in [2.45, 2.75) is 25.7 Å². The lowest BCUT2D eigenvalue weighted by atomic mass is 9.70. The lowest BCUT2D eigenvalue weighted by Gasteiger charge is -2.32. The number of aliphatic hydroxyl groups is 1. The number of carbonyl (C=O) groups is 1. The van der Waals surface area contributed by atoms with Crippen LogP contribution in [0.1, 0.15) is 36.2 Å². The van der Waals surface area contributed by atoms with Gasteiger partial charge in [0.15, 0.2) is 5.78 Å². The third-order valence-corrected chi connectivity index (χ3v) is 3.53. The van der Waals surface area contributed by atoms with E-state index in [0.29, 0.717) is 17.6 Å². The molecule has 1 aromatic rings. The minimum absolute atomic E-state index is 0.0654. The number of ketones is 1. The molecule has 0 aliphatic heterocycles. The number of carbonyl (C=O) groups excluding carboxylic acids is 1. The van der Waals surface area contributed by atoms with E-state index in [1.54, 1.807) is 0 Å². The van der Waals surface area contributed by atoms with Crippen LogP contribution < -0.4 is 0 Å². The predicted molar refractivity (Wildman–Crippen MR) is 66.8 cm³/mol. The minimum atomic E-state index is -0.123. The van der Waals surface area contributed by atoms with E-state index in [4.69, 9.17) is 5.11 Å². The molecule has 2 nitrogen and oxygen atoms in total. The van der Waals surface area contributed by atoms with Crippen LogP contribution in [0.25, 0.3) is 0 Å². The Morgan fingerprint density at radius 3 is 2.75 bits per heavy atom. The summed E-state index contributed by atoms with van der Waals surface area (Å²) in [5, 5.41) is 9.08. The van der Waals surface area contributed by atoms with Crippen molar-refractivity contribution in [2.24, 2.45) is 0 Å². The summed E-state index contributed by atoms with van der Waals surface area (Å²) in [6.07, 6.45) is 1.51. The van der Waals surface area contributed by atoms with Gasteiger partial charge in [0.1, 0.15) is 0 Å². The Labute approximate surface area is 103 Å². The van der Waals surface area contributed by atoms with Crippen LogP contribution >= 0.6 is 15.9 Å². The van der Waals surface area contributed by atoms with Gasteiger partial charge in [0.25, 0.3) is 0 Å². The van der Waals surface area contributed by atoms with Gasteiger partial charge in [-0.05, 0) is 35.6 Å². The van der Waals surface area contributed by atoms with Gasteiger partial charge in [-0.25, -0.2) is 0 Å². The number of halogens is 1. The maximum atomic E-state index is 12.0. The number of rotatable bonds is 0. The molecule has 2 rings (SSSR count). The Hall–Kier alpha value is -1.09. The van der Waals surface area contributed by atoms with Crippen molar-refractivity contribution < 1.29 is 9.90 Å². The highest BCUT2D eigenvalue weighted by atomic mass is 79.9. The second-order valence-electron chi connectivity index (χ2n) is 4.73. The normalized spacial score (nSPS) is 20.9. The Balaban J connectivity index is 2.68. The van der Waals surface area contributed by atoms with Crippen LogP contribution in [0.4, 0.5) is 0 Å². The van der Waals surface area contributed by atoms with Crippen molar-refractivity contribution in [1.82, 2.24) is 0 Å². The van der Waals surface area contributed by atoms with Crippen molar-refractivity contribution in [2.75, 3.05) is 0 Å². The fourth-order valence-corrected chi connectivity index (χ4v) is 2.56. The first-order valence-corrected chi connectivity index (χ1v) is 5.93. The molecule has 0 saturated carbocycles. The number of hydrogen-bond donors (Lipinski definition) is 1. The zero-order valence-electron chi connectivity index (χ0n) is 9.25. The van der Waals surface area contributed by atoms with Crippen LogP contribution in [-0.2, 0) is 5.41 Å². The molecule has 1 N–H and O–H groups in total. The highest BCUT2D eigenvalue weighted by Crippen LogP contribution is 2.40. The summed E-state index contributed by atoms with van der Waals surface area (Å²) in [7, 11) is 0. The van der Waals surface area contributed by atoms with Gasteiger partial charge in [-0.1, -0.05) is 29.8 Å². The SMILES string of the molecule is CC1(C)CC(=CO)C(=O)c2ccc(Br)cc21. The first-order valence-electron chi connectivity index (χ1n) is 5.14. The molecule has 1 aliphatic carbocycles. The van der Waals surface area contributed by atoms with E-state index in [0.717, 1.165) is 16.3 Å². The summed E-state index contributed by atoms with van der Waals surface area (Å²) in [5.41, 5.74) is 2.10.